The molecule has 0 bridgehead atoms. The lowest BCUT2D eigenvalue weighted by Gasteiger charge is -2.44. The maximum atomic E-state index is 13.8. The topological polar surface area (TPSA) is 102 Å². The summed E-state index contributed by atoms with van der Waals surface area (Å²) in [6.45, 7) is 14.9. The minimum absolute atomic E-state index is 0.0706. The number of dihydropyridines is 1. The van der Waals surface area contributed by atoms with Gasteiger partial charge in [0.25, 0.3) is 0 Å². The number of hydrogen-bond acceptors (Lipinski definition) is 6. The second kappa shape index (κ2) is 11.5. The molecule has 226 valence electrons. The zero-order valence-electron chi connectivity index (χ0n) is 25.8. The molecule has 0 spiro atoms. The highest BCUT2D eigenvalue weighted by molar-refractivity contribution is 6.06. The first-order chi connectivity index (χ1) is 20.3. The second-order valence-corrected chi connectivity index (χ2v) is 13.4. The van der Waals surface area contributed by atoms with Crippen LogP contribution in [0.5, 0.6) is 11.5 Å². The Bertz CT molecular complexity index is 1500. The van der Waals surface area contributed by atoms with Crippen molar-refractivity contribution in [3.63, 3.8) is 0 Å². The molecule has 7 heteroatoms. The van der Waals surface area contributed by atoms with Gasteiger partial charge >= 0.3 is 5.97 Å². The van der Waals surface area contributed by atoms with E-state index in [4.69, 9.17) is 9.47 Å². The lowest BCUT2D eigenvalue weighted by Crippen LogP contribution is -2.42. The van der Waals surface area contributed by atoms with E-state index in [0.717, 1.165) is 40.9 Å². The fraction of sp³-hybridized carbons (Fsp3) is 0.417. The standard InChI is InChI=1S/C36H41NO6/c1-7-9-23-14-24(15-29(42-8-2)33(23)43-20-21-10-12-22(13-11-21)34(40)41)30-31-25(16-35(3,4)18-27(31)38)37-26-17-36(5,6)19-28(39)32(26)30/h7,10-15,30,37H,1,8-9,16-20H2,2-6H3,(H,40,41). The summed E-state index contributed by atoms with van der Waals surface area (Å²) < 4.78 is 12.5. The molecule has 0 saturated carbocycles. The first-order valence-corrected chi connectivity index (χ1v) is 15.0. The van der Waals surface area contributed by atoms with E-state index in [9.17, 15) is 19.5 Å². The third-order valence-electron chi connectivity index (χ3n) is 8.45. The van der Waals surface area contributed by atoms with E-state index in [1.54, 1.807) is 30.3 Å². The number of ketones is 2. The minimum Gasteiger partial charge on any atom is -0.490 e. The van der Waals surface area contributed by atoms with Crippen molar-refractivity contribution in [2.75, 3.05) is 6.61 Å². The van der Waals surface area contributed by atoms with Gasteiger partial charge < -0.3 is 19.9 Å². The van der Waals surface area contributed by atoms with Crippen LogP contribution in [-0.4, -0.2) is 29.2 Å². The smallest absolute Gasteiger partial charge is 0.335 e. The molecule has 2 aliphatic carbocycles. The van der Waals surface area contributed by atoms with Crippen LogP contribution in [0.25, 0.3) is 0 Å². The molecule has 3 aliphatic rings. The number of aromatic carboxylic acids is 1. The van der Waals surface area contributed by atoms with Gasteiger partial charge in [-0.25, -0.2) is 4.79 Å². The number of carbonyl (C=O) groups excluding carboxylic acids is 2. The summed E-state index contributed by atoms with van der Waals surface area (Å²) in [4.78, 5) is 38.9. The van der Waals surface area contributed by atoms with Gasteiger partial charge in [0, 0.05) is 46.9 Å². The van der Waals surface area contributed by atoms with Gasteiger partial charge in [-0.2, -0.15) is 0 Å². The van der Waals surface area contributed by atoms with Crippen LogP contribution in [0, 0.1) is 10.8 Å². The van der Waals surface area contributed by atoms with E-state index in [2.05, 4.69) is 39.6 Å². The fourth-order valence-corrected chi connectivity index (χ4v) is 6.71. The first kappa shape index (κ1) is 30.3. The maximum absolute atomic E-state index is 13.8. The Labute approximate surface area is 253 Å². The summed E-state index contributed by atoms with van der Waals surface area (Å²) in [5.74, 6) is -0.225. The van der Waals surface area contributed by atoms with Crippen LogP contribution in [0.2, 0.25) is 0 Å². The summed E-state index contributed by atoms with van der Waals surface area (Å²) in [6, 6.07) is 10.5. The number of hydrogen-bond donors (Lipinski definition) is 2. The Hall–Kier alpha value is -4.13. The molecule has 43 heavy (non-hydrogen) atoms. The Morgan fingerprint density at radius 2 is 1.53 bits per heavy atom. The lowest BCUT2D eigenvalue weighted by atomic mass is 9.64. The normalized spacial score (nSPS) is 19.4. The van der Waals surface area contributed by atoms with Crippen molar-refractivity contribution in [3.8, 4) is 11.5 Å². The number of carboxylic acids is 1. The molecule has 0 aromatic heterocycles. The number of allylic oxidation sites excluding steroid dienone is 5. The number of ether oxygens (including phenoxy) is 2. The molecule has 1 aliphatic heterocycles. The van der Waals surface area contributed by atoms with Crippen LogP contribution in [0.4, 0.5) is 0 Å². The number of benzene rings is 2. The van der Waals surface area contributed by atoms with Gasteiger partial charge in [0.15, 0.2) is 23.1 Å². The molecule has 7 nitrogen and oxygen atoms in total. The van der Waals surface area contributed by atoms with Gasteiger partial charge in [0.05, 0.1) is 12.2 Å². The van der Waals surface area contributed by atoms with Gasteiger partial charge in [0.1, 0.15) is 6.61 Å². The monoisotopic (exact) mass is 583 g/mol. The minimum atomic E-state index is -0.982. The summed E-state index contributed by atoms with van der Waals surface area (Å²) in [7, 11) is 0. The van der Waals surface area contributed by atoms with Crippen molar-refractivity contribution in [3.05, 3.63) is 93.8 Å². The molecule has 2 aromatic carbocycles. The third-order valence-corrected chi connectivity index (χ3v) is 8.45. The largest absolute Gasteiger partial charge is 0.490 e. The van der Waals surface area contributed by atoms with Crippen molar-refractivity contribution < 1.29 is 29.0 Å². The van der Waals surface area contributed by atoms with E-state index in [-0.39, 0.29) is 34.6 Å². The lowest BCUT2D eigenvalue weighted by molar-refractivity contribution is -0.119. The number of rotatable bonds is 9. The van der Waals surface area contributed by atoms with Crippen molar-refractivity contribution in [2.24, 2.45) is 10.8 Å². The maximum Gasteiger partial charge on any atom is 0.335 e. The number of nitrogens with one attached hydrogen (secondary N) is 1. The Morgan fingerprint density at radius 1 is 0.953 bits per heavy atom. The zero-order chi connectivity index (χ0) is 31.1. The second-order valence-electron chi connectivity index (χ2n) is 13.4. The molecule has 0 unspecified atom stereocenters. The molecule has 0 atom stereocenters. The fourth-order valence-electron chi connectivity index (χ4n) is 6.71. The van der Waals surface area contributed by atoms with Crippen molar-refractivity contribution >= 4 is 17.5 Å². The molecule has 0 fully saturated rings. The van der Waals surface area contributed by atoms with Gasteiger partial charge in [-0.15, -0.1) is 6.58 Å². The van der Waals surface area contributed by atoms with E-state index < -0.39 is 11.9 Å². The quantitative estimate of drug-likeness (QED) is 0.305. The zero-order valence-corrected chi connectivity index (χ0v) is 25.8. The van der Waals surface area contributed by atoms with Crippen LogP contribution in [0.1, 0.15) is 93.3 Å². The summed E-state index contributed by atoms with van der Waals surface area (Å²) in [6.07, 6.45) is 4.60. The molecular weight excluding hydrogens is 542 g/mol. The van der Waals surface area contributed by atoms with Gasteiger partial charge in [-0.3, -0.25) is 9.59 Å². The third kappa shape index (κ3) is 6.17. The Morgan fingerprint density at radius 3 is 2.05 bits per heavy atom. The predicted octanol–water partition coefficient (Wildman–Crippen LogP) is 7.06. The van der Waals surface area contributed by atoms with Crippen LogP contribution in [0.15, 0.2) is 71.6 Å². The molecule has 2 aromatic rings. The molecule has 1 heterocycles. The predicted molar refractivity (Wildman–Crippen MR) is 165 cm³/mol. The summed E-state index contributed by atoms with van der Waals surface area (Å²) >= 11 is 0. The molecule has 0 saturated heterocycles. The van der Waals surface area contributed by atoms with Crippen LogP contribution in [0.3, 0.4) is 0 Å². The number of Topliss-reactive ketones (excluding diaryl/α,β-unsaturated/α-hetero) is 2. The molecule has 2 N–H and O–H groups in total. The van der Waals surface area contributed by atoms with E-state index in [1.807, 2.05) is 19.1 Å². The Kier molecular flexibility index (Phi) is 8.12. The molecule has 5 rings (SSSR count). The van der Waals surface area contributed by atoms with Gasteiger partial charge in [-0.05, 0) is 66.3 Å². The van der Waals surface area contributed by atoms with E-state index in [1.165, 1.54) is 0 Å². The first-order valence-electron chi connectivity index (χ1n) is 15.0. The van der Waals surface area contributed by atoms with E-state index >= 15 is 0 Å². The molecule has 0 amide bonds. The number of carbonyl (C=O) groups is 3. The Balaban J connectivity index is 1.62. The van der Waals surface area contributed by atoms with Gasteiger partial charge in [-0.1, -0.05) is 52.0 Å². The van der Waals surface area contributed by atoms with Crippen molar-refractivity contribution in [1.29, 1.82) is 0 Å². The number of carboxylic acid groups (broad SMARTS) is 1. The average Bonchev–Trinajstić information content (AvgIpc) is 2.90. The van der Waals surface area contributed by atoms with Crippen LogP contribution < -0.4 is 14.8 Å². The molecular formula is C36H41NO6. The molecule has 0 radical (unpaired) electrons. The SMILES string of the molecule is C=CCc1cc(C2C3=C(CC(C)(C)CC3=O)NC3=C2C(=O)CC(C)(C)C3)cc(OCC)c1OCc1ccc(C(=O)O)cc1. The highest BCUT2D eigenvalue weighted by Crippen LogP contribution is 2.52. The van der Waals surface area contributed by atoms with Crippen LogP contribution in [-0.2, 0) is 22.6 Å². The van der Waals surface area contributed by atoms with Crippen molar-refractivity contribution in [1.82, 2.24) is 5.32 Å². The van der Waals surface area contributed by atoms with Gasteiger partial charge in [0.2, 0.25) is 0 Å². The average molecular weight is 584 g/mol. The summed E-state index contributed by atoms with van der Waals surface area (Å²) in [5, 5.41) is 12.8. The van der Waals surface area contributed by atoms with E-state index in [0.29, 0.717) is 48.5 Å². The van der Waals surface area contributed by atoms with Crippen LogP contribution >= 0.6 is 0 Å². The summed E-state index contributed by atoms with van der Waals surface area (Å²) in [5.41, 5.74) is 5.56. The highest BCUT2D eigenvalue weighted by atomic mass is 16.5. The van der Waals surface area contributed by atoms with Crippen molar-refractivity contribution in [2.45, 2.75) is 79.2 Å². The highest BCUT2D eigenvalue weighted by Gasteiger charge is 2.46.